The Morgan fingerprint density at radius 2 is 1.92 bits per heavy atom. The van der Waals surface area contributed by atoms with E-state index in [9.17, 15) is 18.8 Å². The topological polar surface area (TPSA) is 68.2 Å². The number of aryl methyl sites for hydroxylation is 2. The molecule has 0 unspecified atom stereocenters. The van der Waals surface area contributed by atoms with Gasteiger partial charge in [-0.2, -0.15) is 0 Å². The van der Waals surface area contributed by atoms with Gasteiger partial charge in [0.05, 0.1) is 5.69 Å². The monoisotopic (exact) mass is 358 g/mol. The minimum atomic E-state index is -0.682. The molecule has 0 saturated heterocycles. The van der Waals surface area contributed by atoms with Gasteiger partial charge in [0.25, 0.3) is 11.7 Å². The van der Waals surface area contributed by atoms with Crippen LogP contribution in [-0.4, -0.2) is 28.1 Å². The standard InChI is InChI=1S/C20H23FN2O3/c1-5-13(3)22-20(26)19(25)15-10-17(23(4)11-15)18(24)9-14-6-7-16(21)12(2)8-14/h6-8,10-11,13H,5,9H2,1-4H3,(H,22,26)/t13-/m1/s1. The van der Waals surface area contributed by atoms with Gasteiger partial charge in [-0.1, -0.05) is 19.1 Å². The molecule has 1 aromatic carbocycles. The molecule has 2 rings (SSSR count). The Morgan fingerprint density at radius 3 is 2.54 bits per heavy atom. The van der Waals surface area contributed by atoms with Crippen LogP contribution >= 0.6 is 0 Å². The molecule has 0 fully saturated rings. The Labute approximate surface area is 152 Å². The minimum Gasteiger partial charge on any atom is -0.347 e. The summed E-state index contributed by atoms with van der Waals surface area (Å²) in [5.74, 6) is -1.88. The van der Waals surface area contributed by atoms with Crippen LogP contribution in [0.1, 0.15) is 52.2 Å². The fourth-order valence-electron chi connectivity index (χ4n) is 2.58. The van der Waals surface area contributed by atoms with Crippen LogP contribution in [0, 0.1) is 12.7 Å². The molecule has 26 heavy (non-hydrogen) atoms. The van der Waals surface area contributed by atoms with E-state index in [0.717, 1.165) is 0 Å². The lowest BCUT2D eigenvalue weighted by Crippen LogP contribution is -2.37. The molecule has 0 spiro atoms. The van der Waals surface area contributed by atoms with Crippen LogP contribution in [0.4, 0.5) is 4.39 Å². The summed E-state index contributed by atoms with van der Waals surface area (Å²) in [7, 11) is 1.65. The number of carbonyl (C=O) groups is 3. The van der Waals surface area contributed by atoms with Crippen LogP contribution in [0.3, 0.4) is 0 Å². The van der Waals surface area contributed by atoms with E-state index < -0.39 is 11.7 Å². The second kappa shape index (κ2) is 8.08. The summed E-state index contributed by atoms with van der Waals surface area (Å²) in [5.41, 5.74) is 1.66. The highest BCUT2D eigenvalue weighted by Crippen LogP contribution is 2.15. The van der Waals surface area contributed by atoms with E-state index in [4.69, 9.17) is 0 Å². The largest absolute Gasteiger partial charge is 0.347 e. The van der Waals surface area contributed by atoms with Crippen molar-refractivity contribution >= 4 is 17.5 Å². The third-order valence-corrected chi connectivity index (χ3v) is 4.34. The SMILES string of the molecule is CC[C@@H](C)NC(=O)C(=O)c1cc(C(=O)Cc2ccc(F)c(C)c2)n(C)c1. The molecule has 5 nitrogen and oxygen atoms in total. The van der Waals surface area contributed by atoms with Gasteiger partial charge in [0.15, 0.2) is 5.78 Å². The molecule has 6 heteroatoms. The number of nitrogens with one attached hydrogen (secondary N) is 1. The summed E-state index contributed by atoms with van der Waals surface area (Å²) in [4.78, 5) is 36.8. The first-order valence-corrected chi connectivity index (χ1v) is 8.52. The van der Waals surface area contributed by atoms with Gasteiger partial charge < -0.3 is 9.88 Å². The van der Waals surface area contributed by atoms with Gasteiger partial charge in [-0.15, -0.1) is 0 Å². The van der Waals surface area contributed by atoms with Gasteiger partial charge >= 0.3 is 0 Å². The number of benzene rings is 1. The Bertz CT molecular complexity index is 855. The van der Waals surface area contributed by atoms with Crippen molar-refractivity contribution in [1.29, 1.82) is 0 Å². The number of Topliss-reactive ketones (excluding diaryl/α,β-unsaturated/α-hetero) is 2. The Kier molecular flexibility index (Phi) is 6.08. The lowest BCUT2D eigenvalue weighted by Gasteiger charge is -2.09. The maximum atomic E-state index is 13.3. The second-order valence-electron chi connectivity index (χ2n) is 6.52. The maximum Gasteiger partial charge on any atom is 0.292 e. The fourth-order valence-corrected chi connectivity index (χ4v) is 2.58. The van der Waals surface area contributed by atoms with Crippen molar-refractivity contribution in [3.8, 4) is 0 Å². The van der Waals surface area contributed by atoms with E-state index in [0.29, 0.717) is 23.2 Å². The number of aromatic nitrogens is 1. The third kappa shape index (κ3) is 4.45. The van der Waals surface area contributed by atoms with E-state index in [1.165, 1.54) is 22.9 Å². The number of carbonyl (C=O) groups excluding carboxylic acids is 3. The van der Waals surface area contributed by atoms with E-state index in [1.54, 1.807) is 26.1 Å². The second-order valence-corrected chi connectivity index (χ2v) is 6.52. The Morgan fingerprint density at radius 1 is 1.23 bits per heavy atom. The van der Waals surface area contributed by atoms with E-state index in [2.05, 4.69) is 5.32 Å². The third-order valence-electron chi connectivity index (χ3n) is 4.34. The number of ketones is 2. The summed E-state index contributed by atoms with van der Waals surface area (Å²) in [5, 5.41) is 2.62. The number of rotatable bonds is 7. The molecule has 2 aromatic rings. The molecule has 1 heterocycles. The van der Waals surface area contributed by atoms with Gasteiger partial charge in [-0.05, 0) is 43.5 Å². The summed E-state index contributed by atoms with van der Waals surface area (Å²) in [6.45, 7) is 5.36. The Balaban J connectivity index is 2.15. The van der Waals surface area contributed by atoms with E-state index in [-0.39, 0.29) is 29.6 Å². The van der Waals surface area contributed by atoms with Gasteiger partial charge in [0.2, 0.25) is 0 Å². The highest BCUT2D eigenvalue weighted by molar-refractivity contribution is 6.43. The molecule has 0 saturated carbocycles. The lowest BCUT2D eigenvalue weighted by atomic mass is 10.0. The number of halogens is 1. The Hall–Kier alpha value is -2.76. The van der Waals surface area contributed by atoms with Crippen molar-refractivity contribution in [1.82, 2.24) is 9.88 Å². The van der Waals surface area contributed by atoms with Gasteiger partial charge in [-0.25, -0.2) is 4.39 Å². The van der Waals surface area contributed by atoms with E-state index in [1.807, 2.05) is 13.8 Å². The zero-order chi connectivity index (χ0) is 19.4. The highest BCUT2D eigenvalue weighted by atomic mass is 19.1. The molecular weight excluding hydrogens is 335 g/mol. The van der Waals surface area contributed by atoms with Crippen LogP contribution in [0.5, 0.6) is 0 Å². The summed E-state index contributed by atoms with van der Waals surface area (Å²) >= 11 is 0. The normalized spacial score (nSPS) is 11.9. The summed E-state index contributed by atoms with van der Waals surface area (Å²) in [6, 6.07) is 5.85. The van der Waals surface area contributed by atoms with Crippen LogP contribution in [0.15, 0.2) is 30.5 Å². The zero-order valence-electron chi connectivity index (χ0n) is 15.4. The fraction of sp³-hybridized carbons (Fsp3) is 0.350. The molecule has 0 aliphatic carbocycles. The maximum absolute atomic E-state index is 13.3. The molecular formula is C20H23FN2O3. The molecule has 0 aliphatic heterocycles. The predicted octanol–water partition coefficient (Wildman–Crippen LogP) is 3.00. The van der Waals surface area contributed by atoms with Crippen LogP contribution in [0.2, 0.25) is 0 Å². The van der Waals surface area contributed by atoms with Gasteiger partial charge in [0.1, 0.15) is 5.82 Å². The first kappa shape index (κ1) is 19.6. The lowest BCUT2D eigenvalue weighted by molar-refractivity contribution is -0.117. The molecule has 1 atom stereocenters. The van der Waals surface area contributed by atoms with Crippen molar-refractivity contribution in [2.45, 2.75) is 39.7 Å². The van der Waals surface area contributed by atoms with E-state index >= 15 is 0 Å². The number of hydrogen-bond donors (Lipinski definition) is 1. The average molecular weight is 358 g/mol. The highest BCUT2D eigenvalue weighted by Gasteiger charge is 2.22. The van der Waals surface area contributed by atoms with Crippen LogP contribution < -0.4 is 5.32 Å². The van der Waals surface area contributed by atoms with Crippen molar-refractivity contribution in [3.05, 3.63) is 58.7 Å². The van der Waals surface area contributed by atoms with Crippen molar-refractivity contribution < 1.29 is 18.8 Å². The van der Waals surface area contributed by atoms with Crippen molar-refractivity contribution in [2.24, 2.45) is 7.05 Å². The molecule has 0 radical (unpaired) electrons. The van der Waals surface area contributed by atoms with Crippen LogP contribution in [0.25, 0.3) is 0 Å². The zero-order valence-corrected chi connectivity index (χ0v) is 15.4. The summed E-state index contributed by atoms with van der Waals surface area (Å²) in [6.07, 6.45) is 2.28. The molecule has 1 N–H and O–H groups in total. The molecule has 1 aromatic heterocycles. The number of amides is 1. The number of hydrogen-bond acceptors (Lipinski definition) is 3. The molecule has 1 amide bonds. The quantitative estimate of drug-likeness (QED) is 0.611. The van der Waals surface area contributed by atoms with Crippen molar-refractivity contribution in [3.63, 3.8) is 0 Å². The smallest absolute Gasteiger partial charge is 0.292 e. The molecule has 138 valence electrons. The number of nitrogens with zero attached hydrogens (tertiary/aromatic N) is 1. The predicted molar refractivity (Wildman–Crippen MR) is 96.8 cm³/mol. The van der Waals surface area contributed by atoms with Gasteiger partial charge in [-0.3, -0.25) is 14.4 Å². The summed E-state index contributed by atoms with van der Waals surface area (Å²) < 4.78 is 14.9. The molecule has 0 bridgehead atoms. The van der Waals surface area contributed by atoms with Gasteiger partial charge in [0, 0.05) is 31.3 Å². The average Bonchev–Trinajstić information content (AvgIpc) is 2.99. The molecule has 0 aliphatic rings. The van der Waals surface area contributed by atoms with Crippen molar-refractivity contribution in [2.75, 3.05) is 0 Å². The van der Waals surface area contributed by atoms with Crippen LogP contribution in [-0.2, 0) is 18.3 Å². The first-order chi connectivity index (χ1) is 12.2. The minimum absolute atomic E-state index is 0.0890. The first-order valence-electron chi connectivity index (χ1n) is 8.52.